The molecule has 0 spiro atoms. The standard InChI is InChI=1S/C23H32N4O4/c1-17(2)31-21-9-5-4-8-20(21)27-13-11-26(12-14-27)16-18(28)15-25-22(29)19-7-6-10-24-23(19)30-3/h4-10,17-18,28H,11-16H2,1-3H3,(H,25,29). The number of carbonyl (C=O) groups excluding carboxylic acids is 1. The fourth-order valence-electron chi connectivity index (χ4n) is 3.64. The van der Waals surface area contributed by atoms with Gasteiger partial charge in [0.1, 0.15) is 11.3 Å². The lowest BCUT2D eigenvalue weighted by molar-refractivity contribution is 0.0848. The number of benzene rings is 1. The predicted octanol–water partition coefficient (Wildman–Crippen LogP) is 1.79. The normalized spacial score (nSPS) is 15.6. The number of β-amino-alcohol motifs (C(OH)–C–C–N with tert-alkyl or cyclic N) is 1. The lowest BCUT2D eigenvalue weighted by Gasteiger charge is -2.37. The van der Waals surface area contributed by atoms with Crippen molar-refractivity contribution in [3.63, 3.8) is 0 Å². The number of nitrogens with zero attached hydrogens (tertiary/aromatic N) is 3. The number of carbonyl (C=O) groups is 1. The molecule has 1 saturated heterocycles. The van der Waals surface area contributed by atoms with Crippen LogP contribution in [0.2, 0.25) is 0 Å². The highest BCUT2D eigenvalue weighted by Crippen LogP contribution is 2.29. The lowest BCUT2D eigenvalue weighted by Crippen LogP contribution is -2.50. The summed E-state index contributed by atoms with van der Waals surface area (Å²) in [5.74, 6) is 0.863. The van der Waals surface area contributed by atoms with Crippen molar-refractivity contribution in [2.75, 3.05) is 51.3 Å². The molecular weight excluding hydrogens is 396 g/mol. The number of rotatable bonds is 9. The Labute approximate surface area is 183 Å². The van der Waals surface area contributed by atoms with Gasteiger partial charge in [0.05, 0.1) is 25.0 Å². The molecule has 0 bridgehead atoms. The lowest BCUT2D eigenvalue weighted by atomic mass is 10.2. The van der Waals surface area contributed by atoms with Gasteiger partial charge in [-0.25, -0.2) is 4.98 Å². The first-order chi connectivity index (χ1) is 15.0. The van der Waals surface area contributed by atoms with Crippen LogP contribution in [-0.2, 0) is 0 Å². The van der Waals surface area contributed by atoms with Gasteiger partial charge in [0.15, 0.2) is 0 Å². The Balaban J connectivity index is 1.46. The molecule has 0 aliphatic carbocycles. The van der Waals surface area contributed by atoms with Crippen molar-refractivity contribution in [2.24, 2.45) is 0 Å². The Hall–Kier alpha value is -2.84. The second-order valence-corrected chi connectivity index (χ2v) is 7.85. The van der Waals surface area contributed by atoms with E-state index in [1.807, 2.05) is 32.0 Å². The third kappa shape index (κ3) is 6.32. The summed E-state index contributed by atoms with van der Waals surface area (Å²) >= 11 is 0. The van der Waals surface area contributed by atoms with Crippen LogP contribution in [0.25, 0.3) is 0 Å². The molecule has 1 atom stereocenters. The number of hydrogen-bond donors (Lipinski definition) is 2. The highest BCUT2D eigenvalue weighted by atomic mass is 16.5. The SMILES string of the molecule is COc1ncccc1C(=O)NCC(O)CN1CCN(c2ccccc2OC(C)C)CC1. The zero-order valence-electron chi connectivity index (χ0n) is 18.5. The van der Waals surface area contributed by atoms with Gasteiger partial charge < -0.3 is 24.8 Å². The zero-order valence-corrected chi connectivity index (χ0v) is 18.5. The average molecular weight is 429 g/mol. The molecule has 8 heteroatoms. The van der Waals surface area contributed by atoms with Crippen LogP contribution in [0.4, 0.5) is 5.69 Å². The molecule has 1 aromatic heterocycles. The maximum atomic E-state index is 12.4. The van der Waals surface area contributed by atoms with Gasteiger partial charge in [-0.2, -0.15) is 0 Å². The molecule has 1 aliphatic rings. The molecular formula is C23H32N4O4. The van der Waals surface area contributed by atoms with Crippen LogP contribution in [-0.4, -0.2) is 79.5 Å². The Morgan fingerprint density at radius 2 is 1.90 bits per heavy atom. The van der Waals surface area contributed by atoms with Crippen molar-refractivity contribution >= 4 is 11.6 Å². The summed E-state index contributed by atoms with van der Waals surface area (Å²) in [5.41, 5.74) is 1.46. The number of aromatic nitrogens is 1. The third-order valence-electron chi connectivity index (χ3n) is 5.12. The Morgan fingerprint density at radius 3 is 2.61 bits per heavy atom. The maximum Gasteiger partial charge on any atom is 0.256 e. The molecule has 1 aliphatic heterocycles. The third-order valence-corrected chi connectivity index (χ3v) is 5.12. The highest BCUT2D eigenvalue weighted by Gasteiger charge is 2.22. The van der Waals surface area contributed by atoms with Gasteiger partial charge in [0.25, 0.3) is 5.91 Å². The van der Waals surface area contributed by atoms with Crippen molar-refractivity contribution < 1.29 is 19.4 Å². The minimum Gasteiger partial charge on any atom is -0.489 e. The Bertz CT molecular complexity index is 853. The highest BCUT2D eigenvalue weighted by molar-refractivity contribution is 5.96. The number of pyridine rings is 1. The number of methoxy groups -OCH3 is 1. The molecule has 1 unspecified atom stereocenters. The molecule has 2 heterocycles. The van der Waals surface area contributed by atoms with Crippen LogP contribution in [0.15, 0.2) is 42.6 Å². The Morgan fingerprint density at radius 1 is 1.16 bits per heavy atom. The van der Waals surface area contributed by atoms with Crippen LogP contribution in [0.5, 0.6) is 11.6 Å². The molecule has 0 saturated carbocycles. The van der Waals surface area contributed by atoms with Crippen molar-refractivity contribution in [2.45, 2.75) is 26.1 Å². The summed E-state index contributed by atoms with van der Waals surface area (Å²) in [6.45, 7) is 8.09. The molecule has 3 rings (SSSR count). The molecule has 1 fully saturated rings. The molecule has 31 heavy (non-hydrogen) atoms. The second-order valence-electron chi connectivity index (χ2n) is 7.85. The summed E-state index contributed by atoms with van der Waals surface area (Å²) in [5, 5.41) is 13.2. The minimum atomic E-state index is -0.658. The molecule has 0 radical (unpaired) electrons. The molecule has 1 amide bonds. The van der Waals surface area contributed by atoms with Crippen LogP contribution in [0.3, 0.4) is 0 Å². The molecule has 8 nitrogen and oxygen atoms in total. The molecule has 168 valence electrons. The first-order valence-electron chi connectivity index (χ1n) is 10.7. The van der Waals surface area contributed by atoms with E-state index in [0.29, 0.717) is 12.1 Å². The maximum absolute atomic E-state index is 12.4. The number of aliphatic hydroxyl groups excluding tert-OH is 1. The zero-order chi connectivity index (χ0) is 22.2. The van der Waals surface area contributed by atoms with Gasteiger partial charge in [-0.3, -0.25) is 9.69 Å². The first kappa shape index (κ1) is 22.8. The van der Waals surface area contributed by atoms with E-state index in [4.69, 9.17) is 9.47 Å². The second kappa shape index (κ2) is 11.0. The Kier molecular flexibility index (Phi) is 8.08. The van der Waals surface area contributed by atoms with Crippen LogP contribution in [0.1, 0.15) is 24.2 Å². The fraction of sp³-hybridized carbons (Fsp3) is 0.478. The number of para-hydroxylation sites is 2. The predicted molar refractivity (Wildman–Crippen MR) is 120 cm³/mol. The van der Waals surface area contributed by atoms with Crippen LogP contribution in [0, 0.1) is 0 Å². The van der Waals surface area contributed by atoms with Gasteiger partial charge >= 0.3 is 0 Å². The molecule has 2 N–H and O–H groups in total. The topological polar surface area (TPSA) is 87.2 Å². The van der Waals surface area contributed by atoms with E-state index in [1.54, 1.807) is 18.3 Å². The molecule has 2 aromatic rings. The van der Waals surface area contributed by atoms with E-state index in [0.717, 1.165) is 37.6 Å². The van der Waals surface area contributed by atoms with Gasteiger partial charge in [-0.05, 0) is 38.1 Å². The van der Waals surface area contributed by atoms with Crippen molar-refractivity contribution in [1.82, 2.24) is 15.2 Å². The van der Waals surface area contributed by atoms with Crippen molar-refractivity contribution in [3.8, 4) is 11.6 Å². The van der Waals surface area contributed by atoms with Crippen LogP contribution >= 0.6 is 0 Å². The summed E-state index contributed by atoms with van der Waals surface area (Å²) in [7, 11) is 1.47. The number of nitrogens with one attached hydrogen (secondary N) is 1. The number of hydrogen-bond acceptors (Lipinski definition) is 7. The average Bonchev–Trinajstić information content (AvgIpc) is 2.78. The summed E-state index contributed by atoms with van der Waals surface area (Å²) in [6, 6.07) is 11.4. The van der Waals surface area contributed by atoms with E-state index < -0.39 is 6.10 Å². The number of anilines is 1. The summed E-state index contributed by atoms with van der Waals surface area (Å²) in [6.07, 6.45) is 1.03. The smallest absolute Gasteiger partial charge is 0.256 e. The van der Waals surface area contributed by atoms with Gasteiger partial charge in [0.2, 0.25) is 5.88 Å². The number of piperazine rings is 1. The van der Waals surface area contributed by atoms with Gasteiger partial charge in [0, 0.05) is 45.5 Å². The van der Waals surface area contributed by atoms with Crippen molar-refractivity contribution in [1.29, 1.82) is 0 Å². The van der Waals surface area contributed by atoms with E-state index in [9.17, 15) is 9.90 Å². The first-order valence-corrected chi connectivity index (χ1v) is 10.7. The van der Waals surface area contributed by atoms with Gasteiger partial charge in [-0.1, -0.05) is 12.1 Å². The van der Waals surface area contributed by atoms with E-state index in [2.05, 4.69) is 26.2 Å². The number of aliphatic hydroxyl groups is 1. The number of amides is 1. The van der Waals surface area contributed by atoms with Crippen LogP contribution < -0.4 is 19.7 Å². The van der Waals surface area contributed by atoms with Crippen molar-refractivity contribution in [3.05, 3.63) is 48.2 Å². The van der Waals surface area contributed by atoms with Gasteiger partial charge in [-0.15, -0.1) is 0 Å². The minimum absolute atomic E-state index is 0.124. The molecule has 1 aromatic carbocycles. The summed E-state index contributed by atoms with van der Waals surface area (Å²) in [4.78, 5) is 20.9. The quantitative estimate of drug-likeness (QED) is 0.630. The van der Waals surface area contributed by atoms with E-state index in [1.165, 1.54) is 7.11 Å². The van der Waals surface area contributed by atoms with E-state index >= 15 is 0 Å². The van der Waals surface area contributed by atoms with E-state index in [-0.39, 0.29) is 24.4 Å². The summed E-state index contributed by atoms with van der Waals surface area (Å²) < 4.78 is 11.1. The number of ether oxygens (including phenoxy) is 2. The fourth-order valence-corrected chi connectivity index (χ4v) is 3.64. The largest absolute Gasteiger partial charge is 0.489 e. The monoisotopic (exact) mass is 428 g/mol.